The first-order valence-electron chi connectivity index (χ1n) is 8.24. The highest BCUT2D eigenvalue weighted by atomic mass is 16.5. The summed E-state index contributed by atoms with van der Waals surface area (Å²) in [6, 6.07) is 14.6. The summed E-state index contributed by atoms with van der Waals surface area (Å²) in [5.74, 6) is 2.08. The van der Waals surface area contributed by atoms with Crippen molar-refractivity contribution in [3.05, 3.63) is 48.5 Å². The maximum absolute atomic E-state index is 12.4. The molecule has 2 aromatic carbocycles. The zero-order chi connectivity index (χ0) is 17.8. The van der Waals surface area contributed by atoms with Crippen LogP contribution in [0.3, 0.4) is 0 Å². The maximum Gasteiger partial charge on any atom is 0.241 e. The summed E-state index contributed by atoms with van der Waals surface area (Å²) in [5, 5.41) is 2.93. The van der Waals surface area contributed by atoms with Crippen LogP contribution in [0.5, 0.6) is 17.2 Å². The van der Waals surface area contributed by atoms with Gasteiger partial charge in [0, 0.05) is 24.3 Å². The molecule has 0 spiro atoms. The van der Waals surface area contributed by atoms with E-state index in [0.29, 0.717) is 17.9 Å². The highest BCUT2D eigenvalue weighted by Crippen LogP contribution is 2.26. The Balaban J connectivity index is 1.61. The van der Waals surface area contributed by atoms with Crippen LogP contribution < -0.4 is 20.5 Å². The molecule has 132 valence electrons. The number of nitrogens with two attached hydrogens (primary N) is 1. The van der Waals surface area contributed by atoms with Crippen LogP contribution in [-0.4, -0.2) is 43.6 Å². The molecular formula is C19H23N3O3. The van der Waals surface area contributed by atoms with Crippen LogP contribution >= 0.6 is 0 Å². The lowest BCUT2D eigenvalue weighted by Crippen LogP contribution is -2.37. The molecule has 1 aliphatic heterocycles. The fraction of sp³-hybridized carbons (Fsp3) is 0.316. The Labute approximate surface area is 147 Å². The van der Waals surface area contributed by atoms with Gasteiger partial charge in [-0.25, -0.2) is 0 Å². The lowest BCUT2D eigenvalue weighted by Gasteiger charge is -2.18. The van der Waals surface area contributed by atoms with Crippen molar-refractivity contribution in [2.75, 3.05) is 26.0 Å². The van der Waals surface area contributed by atoms with Gasteiger partial charge in [0.15, 0.2) is 0 Å². The van der Waals surface area contributed by atoms with Crippen molar-refractivity contribution in [3.63, 3.8) is 0 Å². The van der Waals surface area contributed by atoms with Gasteiger partial charge in [-0.2, -0.15) is 0 Å². The Hall–Kier alpha value is -2.57. The minimum Gasteiger partial charge on any atom is -0.497 e. The molecule has 6 heteroatoms. The monoisotopic (exact) mass is 341 g/mol. The molecule has 0 radical (unpaired) electrons. The van der Waals surface area contributed by atoms with Crippen molar-refractivity contribution < 1.29 is 14.3 Å². The summed E-state index contributed by atoms with van der Waals surface area (Å²) in [4.78, 5) is 14.4. The lowest BCUT2D eigenvalue weighted by atomic mass is 10.1. The van der Waals surface area contributed by atoms with Gasteiger partial charge in [-0.05, 0) is 49.9 Å². The van der Waals surface area contributed by atoms with Gasteiger partial charge in [0.1, 0.15) is 17.2 Å². The summed E-state index contributed by atoms with van der Waals surface area (Å²) in [6.45, 7) is 0.741. The summed E-state index contributed by atoms with van der Waals surface area (Å²) in [6.07, 6.45) is 0.680. The minimum atomic E-state index is -0.178. The zero-order valence-corrected chi connectivity index (χ0v) is 14.4. The number of anilines is 1. The number of amides is 1. The number of nitrogens with zero attached hydrogens (tertiary/aromatic N) is 1. The van der Waals surface area contributed by atoms with Crippen molar-refractivity contribution in [1.29, 1.82) is 0 Å². The number of nitrogens with one attached hydrogen (secondary N) is 1. The fourth-order valence-corrected chi connectivity index (χ4v) is 2.98. The highest BCUT2D eigenvalue weighted by molar-refractivity contribution is 5.95. The second-order valence-electron chi connectivity index (χ2n) is 6.25. The van der Waals surface area contributed by atoms with Crippen LogP contribution in [0.1, 0.15) is 6.42 Å². The molecule has 0 unspecified atom stereocenters. The maximum atomic E-state index is 12.4. The number of likely N-dealkylation sites (N-methyl/N-ethyl adjacent to an activating group) is 1. The zero-order valence-electron chi connectivity index (χ0n) is 14.4. The summed E-state index contributed by atoms with van der Waals surface area (Å²) in [7, 11) is 3.54. The Morgan fingerprint density at radius 2 is 1.88 bits per heavy atom. The number of ether oxygens (including phenoxy) is 2. The predicted octanol–water partition coefficient (Wildman–Crippen LogP) is 2.46. The van der Waals surface area contributed by atoms with E-state index in [1.165, 1.54) is 0 Å². The molecule has 0 bridgehead atoms. The van der Waals surface area contributed by atoms with E-state index in [2.05, 4.69) is 5.32 Å². The molecule has 0 aromatic heterocycles. The van der Waals surface area contributed by atoms with E-state index in [9.17, 15) is 4.79 Å². The fourth-order valence-electron chi connectivity index (χ4n) is 2.98. The van der Waals surface area contributed by atoms with Gasteiger partial charge in [-0.1, -0.05) is 6.07 Å². The van der Waals surface area contributed by atoms with E-state index in [0.717, 1.165) is 18.0 Å². The van der Waals surface area contributed by atoms with Crippen LogP contribution in [0.4, 0.5) is 5.69 Å². The van der Waals surface area contributed by atoms with Crippen molar-refractivity contribution >= 4 is 11.6 Å². The van der Waals surface area contributed by atoms with Crippen LogP contribution in [0, 0.1) is 0 Å². The number of methoxy groups -OCH3 is 1. The van der Waals surface area contributed by atoms with Crippen molar-refractivity contribution in [2.45, 2.75) is 18.5 Å². The number of benzene rings is 2. The molecule has 25 heavy (non-hydrogen) atoms. The molecule has 1 fully saturated rings. The summed E-state index contributed by atoms with van der Waals surface area (Å²) in [5.41, 5.74) is 6.65. The van der Waals surface area contributed by atoms with Crippen LogP contribution in [-0.2, 0) is 4.79 Å². The van der Waals surface area contributed by atoms with Gasteiger partial charge in [-0.3, -0.25) is 9.69 Å². The van der Waals surface area contributed by atoms with E-state index in [1.54, 1.807) is 7.11 Å². The Morgan fingerprint density at radius 3 is 2.52 bits per heavy atom. The standard InChI is InChI=1S/C19H23N3O3/c1-22-12-13(20)10-18(22)19(23)21-14-6-8-15(9-7-14)25-17-5-3-4-16(11-17)24-2/h3-9,11,13,18H,10,12,20H2,1-2H3,(H,21,23)/t13-,18-/m0/s1. The van der Waals surface area contributed by atoms with E-state index in [4.69, 9.17) is 15.2 Å². The third-order valence-electron chi connectivity index (χ3n) is 4.28. The molecule has 3 N–H and O–H groups in total. The second kappa shape index (κ2) is 7.55. The van der Waals surface area contributed by atoms with Crippen LogP contribution in [0.15, 0.2) is 48.5 Å². The van der Waals surface area contributed by atoms with Gasteiger partial charge in [0.05, 0.1) is 13.2 Å². The number of rotatable bonds is 5. The van der Waals surface area contributed by atoms with Crippen molar-refractivity contribution in [1.82, 2.24) is 4.90 Å². The number of carbonyl (C=O) groups excluding carboxylic acids is 1. The molecule has 6 nitrogen and oxygen atoms in total. The molecular weight excluding hydrogens is 318 g/mol. The number of likely N-dealkylation sites (tertiary alicyclic amines) is 1. The average Bonchev–Trinajstić information content (AvgIpc) is 2.95. The number of carbonyl (C=O) groups is 1. The van der Waals surface area contributed by atoms with Gasteiger partial charge >= 0.3 is 0 Å². The molecule has 0 aliphatic carbocycles. The molecule has 2 aromatic rings. The third-order valence-corrected chi connectivity index (χ3v) is 4.28. The minimum absolute atomic E-state index is 0.0306. The summed E-state index contributed by atoms with van der Waals surface area (Å²) < 4.78 is 11.0. The van der Waals surface area contributed by atoms with E-state index in [1.807, 2.05) is 60.5 Å². The first-order chi connectivity index (χ1) is 12.0. The quantitative estimate of drug-likeness (QED) is 0.874. The SMILES string of the molecule is COc1cccc(Oc2ccc(NC(=O)[C@@H]3C[C@H](N)CN3C)cc2)c1. The Kier molecular flexibility index (Phi) is 5.21. The van der Waals surface area contributed by atoms with E-state index in [-0.39, 0.29) is 18.0 Å². The van der Waals surface area contributed by atoms with Gasteiger partial charge in [0.25, 0.3) is 0 Å². The molecule has 1 aliphatic rings. The lowest BCUT2D eigenvalue weighted by molar-refractivity contribution is -0.119. The molecule has 2 atom stereocenters. The smallest absolute Gasteiger partial charge is 0.241 e. The van der Waals surface area contributed by atoms with Crippen LogP contribution in [0.25, 0.3) is 0 Å². The molecule has 3 rings (SSSR count). The predicted molar refractivity (Wildman–Crippen MR) is 97.2 cm³/mol. The average molecular weight is 341 g/mol. The van der Waals surface area contributed by atoms with Crippen LogP contribution in [0.2, 0.25) is 0 Å². The van der Waals surface area contributed by atoms with Crippen molar-refractivity contribution in [2.24, 2.45) is 5.73 Å². The normalized spacial score (nSPS) is 20.3. The van der Waals surface area contributed by atoms with Gasteiger partial charge in [-0.15, -0.1) is 0 Å². The molecule has 1 saturated heterocycles. The first kappa shape index (κ1) is 17.3. The van der Waals surface area contributed by atoms with E-state index < -0.39 is 0 Å². The third kappa shape index (κ3) is 4.29. The van der Waals surface area contributed by atoms with E-state index >= 15 is 0 Å². The van der Waals surface area contributed by atoms with Crippen molar-refractivity contribution in [3.8, 4) is 17.2 Å². The molecule has 0 saturated carbocycles. The Bertz CT molecular complexity index is 733. The highest BCUT2D eigenvalue weighted by Gasteiger charge is 2.32. The Morgan fingerprint density at radius 1 is 1.16 bits per heavy atom. The number of hydrogen-bond acceptors (Lipinski definition) is 5. The first-order valence-corrected chi connectivity index (χ1v) is 8.24. The molecule has 1 heterocycles. The molecule has 1 amide bonds. The number of hydrogen-bond donors (Lipinski definition) is 2. The second-order valence-corrected chi connectivity index (χ2v) is 6.25. The topological polar surface area (TPSA) is 76.8 Å². The van der Waals surface area contributed by atoms with Gasteiger partial charge in [0.2, 0.25) is 5.91 Å². The largest absolute Gasteiger partial charge is 0.497 e. The summed E-state index contributed by atoms with van der Waals surface area (Å²) >= 11 is 0. The van der Waals surface area contributed by atoms with Gasteiger partial charge < -0.3 is 20.5 Å².